The number of nitrogens with one attached hydrogen (secondary N) is 1. The highest BCUT2D eigenvalue weighted by atomic mass is 19.4. The lowest BCUT2D eigenvalue weighted by atomic mass is 10.00. The molecule has 2 heterocycles. The van der Waals surface area contributed by atoms with E-state index in [1.54, 1.807) is 25.5 Å². The van der Waals surface area contributed by atoms with Crippen molar-refractivity contribution in [1.82, 2.24) is 15.1 Å². The SMILES string of the molecule is Cc1c(C(C)C)c(C(F)(F)F)nn1C1CCNCC1. The van der Waals surface area contributed by atoms with Crippen LogP contribution in [0.3, 0.4) is 0 Å². The van der Waals surface area contributed by atoms with E-state index in [1.165, 1.54) is 0 Å². The van der Waals surface area contributed by atoms with Gasteiger partial charge in [-0.1, -0.05) is 13.8 Å². The van der Waals surface area contributed by atoms with Gasteiger partial charge < -0.3 is 5.32 Å². The van der Waals surface area contributed by atoms with Crippen LogP contribution in [0.25, 0.3) is 0 Å². The Morgan fingerprint density at radius 2 is 1.84 bits per heavy atom. The van der Waals surface area contributed by atoms with E-state index in [9.17, 15) is 13.2 Å². The van der Waals surface area contributed by atoms with Gasteiger partial charge in [0.05, 0.1) is 6.04 Å². The molecule has 0 bridgehead atoms. The van der Waals surface area contributed by atoms with Crippen LogP contribution < -0.4 is 5.32 Å². The lowest BCUT2D eigenvalue weighted by Gasteiger charge is -2.24. The van der Waals surface area contributed by atoms with E-state index in [-0.39, 0.29) is 12.0 Å². The highest BCUT2D eigenvalue weighted by Gasteiger charge is 2.39. The highest BCUT2D eigenvalue weighted by molar-refractivity contribution is 5.31. The fourth-order valence-corrected chi connectivity index (χ4v) is 2.84. The fourth-order valence-electron chi connectivity index (χ4n) is 2.84. The maximum absolute atomic E-state index is 13.1. The quantitative estimate of drug-likeness (QED) is 0.898. The molecule has 1 N–H and O–H groups in total. The Morgan fingerprint density at radius 3 is 2.26 bits per heavy atom. The first-order chi connectivity index (χ1) is 8.82. The van der Waals surface area contributed by atoms with Gasteiger partial charge in [0.2, 0.25) is 0 Å². The molecule has 3 nitrogen and oxygen atoms in total. The Bertz CT molecular complexity index is 443. The van der Waals surface area contributed by atoms with Crippen molar-refractivity contribution in [3.8, 4) is 0 Å². The van der Waals surface area contributed by atoms with Crippen molar-refractivity contribution in [3.63, 3.8) is 0 Å². The summed E-state index contributed by atoms with van der Waals surface area (Å²) >= 11 is 0. The maximum Gasteiger partial charge on any atom is 0.435 e. The molecule has 0 radical (unpaired) electrons. The van der Waals surface area contributed by atoms with Crippen molar-refractivity contribution in [2.24, 2.45) is 0 Å². The molecule has 0 aliphatic carbocycles. The van der Waals surface area contributed by atoms with Gasteiger partial charge in [-0.3, -0.25) is 4.68 Å². The van der Waals surface area contributed by atoms with Crippen molar-refractivity contribution in [3.05, 3.63) is 17.0 Å². The van der Waals surface area contributed by atoms with Crippen LogP contribution in [0, 0.1) is 6.92 Å². The van der Waals surface area contributed by atoms with Gasteiger partial charge in [-0.25, -0.2) is 0 Å². The zero-order valence-electron chi connectivity index (χ0n) is 11.5. The monoisotopic (exact) mass is 275 g/mol. The molecule has 0 spiro atoms. The van der Waals surface area contributed by atoms with Crippen molar-refractivity contribution in [2.75, 3.05) is 13.1 Å². The van der Waals surface area contributed by atoms with Crippen LogP contribution in [0.4, 0.5) is 13.2 Å². The molecule has 1 aromatic rings. The molecule has 0 amide bonds. The summed E-state index contributed by atoms with van der Waals surface area (Å²) in [5.74, 6) is -0.174. The van der Waals surface area contributed by atoms with Gasteiger partial charge in [0.15, 0.2) is 5.69 Å². The summed E-state index contributed by atoms with van der Waals surface area (Å²) in [7, 11) is 0. The van der Waals surface area contributed by atoms with Crippen LogP contribution in [0.1, 0.15) is 55.6 Å². The first kappa shape index (κ1) is 14.4. The summed E-state index contributed by atoms with van der Waals surface area (Å²) in [5, 5.41) is 7.10. The number of hydrogen-bond donors (Lipinski definition) is 1. The molecule has 1 aromatic heterocycles. The van der Waals surface area contributed by atoms with Gasteiger partial charge in [-0.05, 0) is 38.8 Å². The molecule has 2 rings (SSSR count). The summed E-state index contributed by atoms with van der Waals surface area (Å²) in [6, 6.07) is 0.0786. The van der Waals surface area contributed by atoms with Crippen molar-refractivity contribution in [1.29, 1.82) is 0 Å². The Hall–Kier alpha value is -1.04. The smallest absolute Gasteiger partial charge is 0.317 e. The fraction of sp³-hybridized carbons (Fsp3) is 0.769. The zero-order chi connectivity index (χ0) is 14.2. The molecular formula is C13H20F3N3. The average Bonchev–Trinajstić information content (AvgIpc) is 2.68. The molecule has 108 valence electrons. The normalized spacial score (nSPS) is 18.3. The van der Waals surface area contributed by atoms with Gasteiger partial charge >= 0.3 is 6.18 Å². The second-order valence-electron chi connectivity index (χ2n) is 5.43. The molecule has 1 fully saturated rings. The van der Waals surface area contributed by atoms with Gasteiger partial charge in [0.1, 0.15) is 0 Å². The lowest BCUT2D eigenvalue weighted by Crippen LogP contribution is -2.30. The predicted molar refractivity (Wildman–Crippen MR) is 67.2 cm³/mol. The van der Waals surface area contributed by atoms with Crippen LogP contribution in [0.2, 0.25) is 0 Å². The second kappa shape index (κ2) is 5.15. The average molecular weight is 275 g/mol. The lowest BCUT2D eigenvalue weighted by molar-refractivity contribution is -0.142. The molecule has 19 heavy (non-hydrogen) atoms. The molecule has 0 unspecified atom stereocenters. The standard InChI is InChI=1S/C13H20F3N3/c1-8(2)11-9(3)19(10-4-6-17-7-5-10)18-12(11)13(14,15)16/h8,10,17H,4-7H2,1-3H3. The van der Waals surface area contributed by atoms with E-state index in [4.69, 9.17) is 0 Å². The third-order valence-corrected chi connectivity index (χ3v) is 3.70. The van der Waals surface area contributed by atoms with Crippen molar-refractivity contribution in [2.45, 2.75) is 51.7 Å². The van der Waals surface area contributed by atoms with E-state index < -0.39 is 11.9 Å². The molecule has 1 saturated heterocycles. The zero-order valence-corrected chi connectivity index (χ0v) is 11.5. The van der Waals surface area contributed by atoms with E-state index in [2.05, 4.69) is 10.4 Å². The molecule has 1 aliphatic heterocycles. The second-order valence-corrected chi connectivity index (χ2v) is 5.43. The number of piperidine rings is 1. The number of rotatable bonds is 2. The van der Waals surface area contributed by atoms with Gasteiger partial charge in [0, 0.05) is 11.3 Å². The summed E-state index contributed by atoms with van der Waals surface area (Å²) in [6.07, 6.45) is -2.71. The Labute approximate surface area is 111 Å². The third kappa shape index (κ3) is 2.78. The topological polar surface area (TPSA) is 29.9 Å². The summed E-state index contributed by atoms with van der Waals surface area (Å²) in [5.41, 5.74) is 0.291. The van der Waals surface area contributed by atoms with Crippen LogP contribution in [-0.2, 0) is 6.18 Å². The first-order valence-corrected chi connectivity index (χ1v) is 6.69. The number of halogens is 3. The summed E-state index contributed by atoms with van der Waals surface area (Å²) in [4.78, 5) is 0. The molecule has 0 atom stereocenters. The van der Waals surface area contributed by atoms with E-state index in [0.717, 1.165) is 25.9 Å². The number of nitrogens with zero attached hydrogens (tertiary/aromatic N) is 2. The largest absolute Gasteiger partial charge is 0.435 e. The number of aromatic nitrogens is 2. The van der Waals surface area contributed by atoms with E-state index >= 15 is 0 Å². The third-order valence-electron chi connectivity index (χ3n) is 3.70. The predicted octanol–water partition coefficient (Wildman–Crippen LogP) is 3.26. The van der Waals surface area contributed by atoms with E-state index in [0.29, 0.717) is 11.3 Å². The minimum atomic E-state index is -4.37. The highest BCUT2D eigenvalue weighted by Crippen LogP contribution is 2.37. The van der Waals surface area contributed by atoms with Crippen LogP contribution in [0.15, 0.2) is 0 Å². The summed E-state index contributed by atoms with van der Waals surface area (Å²) in [6.45, 7) is 6.99. The number of hydrogen-bond acceptors (Lipinski definition) is 2. The molecule has 0 aromatic carbocycles. The minimum Gasteiger partial charge on any atom is -0.317 e. The molecule has 6 heteroatoms. The van der Waals surface area contributed by atoms with Crippen LogP contribution >= 0.6 is 0 Å². The van der Waals surface area contributed by atoms with Crippen LogP contribution in [-0.4, -0.2) is 22.9 Å². The Morgan fingerprint density at radius 1 is 1.26 bits per heavy atom. The van der Waals surface area contributed by atoms with Crippen molar-refractivity contribution >= 4 is 0 Å². The molecular weight excluding hydrogens is 255 g/mol. The van der Waals surface area contributed by atoms with Gasteiger partial charge in [0.25, 0.3) is 0 Å². The Balaban J connectivity index is 2.45. The van der Waals surface area contributed by atoms with Gasteiger partial charge in [-0.2, -0.15) is 18.3 Å². The summed E-state index contributed by atoms with van der Waals surface area (Å²) < 4.78 is 40.8. The first-order valence-electron chi connectivity index (χ1n) is 6.69. The molecule has 1 aliphatic rings. The van der Waals surface area contributed by atoms with E-state index in [1.807, 2.05) is 0 Å². The molecule has 0 saturated carbocycles. The maximum atomic E-state index is 13.1. The van der Waals surface area contributed by atoms with Gasteiger partial charge in [-0.15, -0.1) is 0 Å². The Kier molecular flexibility index (Phi) is 3.90. The minimum absolute atomic E-state index is 0.0786. The number of alkyl halides is 3. The van der Waals surface area contributed by atoms with Crippen LogP contribution in [0.5, 0.6) is 0 Å². The van der Waals surface area contributed by atoms with Crippen molar-refractivity contribution < 1.29 is 13.2 Å².